The van der Waals surface area contributed by atoms with E-state index in [-0.39, 0.29) is 11.8 Å². The predicted molar refractivity (Wildman–Crippen MR) is 115 cm³/mol. The first-order valence-corrected chi connectivity index (χ1v) is 10.2. The van der Waals surface area contributed by atoms with Crippen molar-refractivity contribution in [1.82, 2.24) is 9.88 Å². The number of hydrogen-bond acceptors (Lipinski definition) is 3. The molecule has 148 valence electrons. The highest BCUT2D eigenvalue weighted by atomic mass is 16.2. The van der Waals surface area contributed by atoms with E-state index >= 15 is 0 Å². The first-order chi connectivity index (χ1) is 14.1. The quantitative estimate of drug-likeness (QED) is 0.658. The zero-order valence-electron chi connectivity index (χ0n) is 16.8. The van der Waals surface area contributed by atoms with Crippen molar-refractivity contribution in [3.05, 3.63) is 71.4 Å². The summed E-state index contributed by atoms with van der Waals surface area (Å²) in [4.78, 5) is 32.0. The fourth-order valence-corrected chi connectivity index (χ4v) is 3.56. The van der Waals surface area contributed by atoms with Crippen LogP contribution in [0, 0.1) is 0 Å². The molecule has 1 aliphatic rings. The van der Waals surface area contributed by atoms with Gasteiger partial charge in [0.05, 0.1) is 11.1 Å². The molecule has 5 nitrogen and oxygen atoms in total. The Morgan fingerprint density at radius 2 is 1.72 bits per heavy atom. The normalized spacial score (nSPS) is 13.3. The largest absolute Gasteiger partial charge is 0.339 e. The Kier molecular flexibility index (Phi) is 5.30. The maximum absolute atomic E-state index is 13.0. The lowest BCUT2D eigenvalue weighted by atomic mass is 10.0. The molecule has 1 aliphatic carbocycles. The summed E-state index contributed by atoms with van der Waals surface area (Å²) >= 11 is 0. The Hall–Kier alpha value is -3.21. The molecule has 0 saturated heterocycles. The van der Waals surface area contributed by atoms with Crippen LogP contribution in [0.5, 0.6) is 0 Å². The number of para-hydroxylation sites is 1. The number of rotatable bonds is 6. The van der Waals surface area contributed by atoms with E-state index in [4.69, 9.17) is 4.98 Å². The first-order valence-electron chi connectivity index (χ1n) is 10.2. The minimum absolute atomic E-state index is 0.00193. The maximum atomic E-state index is 13.0. The number of anilines is 1. The zero-order valence-corrected chi connectivity index (χ0v) is 16.8. The molecule has 1 N–H and O–H groups in total. The highest BCUT2D eigenvalue weighted by Crippen LogP contribution is 2.40. The minimum Gasteiger partial charge on any atom is -0.339 e. The summed E-state index contributed by atoms with van der Waals surface area (Å²) in [5.74, 6) is 0.312. The lowest BCUT2D eigenvalue weighted by Gasteiger charge is -2.18. The predicted octanol–water partition coefficient (Wildman–Crippen LogP) is 4.85. The molecule has 0 unspecified atom stereocenters. The lowest BCUT2D eigenvalue weighted by molar-refractivity contribution is 0.0773. The summed E-state index contributed by atoms with van der Waals surface area (Å²) in [7, 11) is 0. The molecule has 1 fully saturated rings. The van der Waals surface area contributed by atoms with Crippen molar-refractivity contribution in [2.75, 3.05) is 18.4 Å². The monoisotopic (exact) mass is 387 g/mol. The number of aromatic nitrogens is 1. The molecule has 3 aromatic rings. The third-order valence-electron chi connectivity index (χ3n) is 5.42. The summed E-state index contributed by atoms with van der Waals surface area (Å²) in [6.07, 6.45) is 2.27. The van der Waals surface area contributed by atoms with Gasteiger partial charge in [-0.15, -0.1) is 0 Å². The molecule has 0 bridgehead atoms. The summed E-state index contributed by atoms with van der Waals surface area (Å²) in [5.41, 5.74) is 3.77. The Balaban J connectivity index is 1.57. The molecular formula is C24H25N3O2. The highest BCUT2D eigenvalue weighted by molar-refractivity contribution is 6.12. The van der Waals surface area contributed by atoms with E-state index in [1.807, 2.05) is 44.2 Å². The van der Waals surface area contributed by atoms with Crippen LogP contribution in [0.3, 0.4) is 0 Å². The second-order valence-corrected chi connectivity index (χ2v) is 7.40. The van der Waals surface area contributed by atoms with Crippen LogP contribution in [0.25, 0.3) is 10.9 Å². The van der Waals surface area contributed by atoms with Gasteiger partial charge in [0.1, 0.15) is 0 Å². The average Bonchev–Trinajstić information content (AvgIpc) is 3.59. The number of carbonyl (C=O) groups excluding carboxylic acids is 2. The molecule has 2 amide bonds. The number of benzene rings is 2. The van der Waals surface area contributed by atoms with Crippen LogP contribution in [0.4, 0.5) is 5.69 Å². The van der Waals surface area contributed by atoms with Crippen LogP contribution in [-0.2, 0) is 0 Å². The molecule has 1 saturated carbocycles. The Morgan fingerprint density at radius 3 is 2.38 bits per heavy atom. The van der Waals surface area contributed by atoms with Gasteiger partial charge in [0.2, 0.25) is 0 Å². The van der Waals surface area contributed by atoms with Gasteiger partial charge < -0.3 is 10.2 Å². The number of hydrogen-bond donors (Lipinski definition) is 1. The van der Waals surface area contributed by atoms with E-state index in [1.165, 1.54) is 0 Å². The van der Waals surface area contributed by atoms with E-state index < -0.39 is 0 Å². The zero-order chi connectivity index (χ0) is 20.4. The van der Waals surface area contributed by atoms with Gasteiger partial charge in [0.25, 0.3) is 11.8 Å². The van der Waals surface area contributed by atoms with Crippen LogP contribution in [0.2, 0.25) is 0 Å². The van der Waals surface area contributed by atoms with Crippen LogP contribution in [0.1, 0.15) is 59.0 Å². The third-order valence-corrected chi connectivity index (χ3v) is 5.42. The number of carbonyl (C=O) groups is 2. The molecule has 0 atom stereocenters. The SMILES string of the molecule is CCN(CC)C(=O)c1ccc(NC(=O)c2cc(C3CC3)nc3ccccc23)cc1. The van der Waals surface area contributed by atoms with Gasteiger partial charge in [-0.1, -0.05) is 18.2 Å². The maximum Gasteiger partial charge on any atom is 0.256 e. The molecule has 2 aromatic carbocycles. The van der Waals surface area contributed by atoms with Gasteiger partial charge in [-0.2, -0.15) is 0 Å². The second-order valence-electron chi connectivity index (χ2n) is 7.40. The van der Waals surface area contributed by atoms with Crippen molar-refractivity contribution in [2.24, 2.45) is 0 Å². The molecule has 1 heterocycles. The van der Waals surface area contributed by atoms with Crippen molar-refractivity contribution in [3.8, 4) is 0 Å². The van der Waals surface area contributed by atoms with Crippen molar-refractivity contribution in [3.63, 3.8) is 0 Å². The van der Waals surface area contributed by atoms with Gasteiger partial charge in [-0.3, -0.25) is 14.6 Å². The van der Waals surface area contributed by atoms with Gasteiger partial charge in [-0.25, -0.2) is 0 Å². The van der Waals surface area contributed by atoms with Crippen LogP contribution in [-0.4, -0.2) is 34.8 Å². The number of nitrogens with one attached hydrogen (secondary N) is 1. The van der Waals surface area contributed by atoms with Crippen LogP contribution >= 0.6 is 0 Å². The Morgan fingerprint density at radius 1 is 1.03 bits per heavy atom. The van der Waals surface area contributed by atoms with Crippen molar-refractivity contribution in [1.29, 1.82) is 0 Å². The molecule has 0 radical (unpaired) electrons. The molecule has 5 heteroatoms. The van der Waals surface area contributed by atoms with Gasteiger partial charge >= 0.3 is 0 Å². The van der Waals surface area contributed by atoms with Gasteiger partial charge in [-0.05, 0) is 63.1 Å². The number of amides is 2. The van der Waals surface area contributed by atoms with Crippen molar-refractivity contribution >= 4 is 28.4 Å². The molecule has 0 aliphatic heterocycles. The fourth-order valence-electron chi connectivity index (χ4n) is 3.56. The average molecular weight is 387 g/mol. The molecular weight excluding hydrogens is 362 g/mol. The van der Waals surface area contributed by atoms with E-state index in [2.05, 4.69) is 5.32 Å². The Bertz CT molecular complexity index is 1050. The summed E-state index contributed by atoms with van der Waals surface area (Å²) in [5, 5.41) is 3.82. The smallest absolute Gasteiger partial charge is 0.256 e. The van der Waals surface area contributed by atoms with Crippen molar-refractivity contribution < 1.29 is 9.59 Å². The third kappa shape index (κ3) is 3.99. The Labute approximate surface area is 170 Å². The molecule has 29 heavy (non-hydrogen) atoms. The van der Waals surface area contributed by atoms with Crippen LogP contribution in [0.15, 0.2) is 54.6 Å². The van der Waals surface area contributed by atoms with E-state index in [0.29, 0.717) is 35.8 Å². The molecule has 4 rings (SSSR count). The number of pyridine rings is 1. The first kappa shape index (κ1) is 19.1. The van der Waals surface area contributed by atoms with Crippen molar-refractivity contribution in [2.45, 2.75) is 32.6 Å². The molecule has 0 spiro atoms. The molecule has 1 aromatic heterocycles. The second kappa shape index (κ2) is 8.03. The lowest BCUT2D eigenvalue weighted by Crippen LogP contribution is -2.30. The van der Waals surface area contributed by atoms with E-state index in [0.717, 1.165) is 29.4 Å². The van der Waals surface area contributed by atoms with Gasteiger partial charge in [0.15, 0.2) is 0 Å². The fraction of sp³-hybridized carbons (Fsp3) is 0.292. The minimum atomic E-state index is -0.159. The van der Waals surface area contributed by atoms with Gasteiger partial charge in [0, 0.05) is 41.3 Å². The summed E-state index contributed by atoms with van der Waals surface area (Å²) in [6, 6.07) is 16.7. The van der Waals surface area contributed by atoms with Crippen LogP contribution < -0.4 is 5.32 Å². The highest BCUT2D eigenvalue weighted by Gasteiger charge is 2.27. The number of nitrogens with zero attached hydrogens (tertiary/aromatic N) is 2. The summed E-state index contributed by atoms with van der Waals surface area (Å²) < 4.78 is 0. The van der Waals surface area contributed by atoms with E-state index in [9.17, 15) is 9.59 Å². The standard InChI is InChI=1S/C24H25N3O2/c1-3-27(4-2)24(29)17-11-13-18(14-12-17)25-23(28)20-15-22(16-9-10-16)26-21-8-6-5-7-19(20)21/h5-8,11-16H,3-4,9-10H2,1-2H3,(H,25,28). The topological polar surface area (TPSA) is 62.3 Å². The number of fused-ring (bicyclic) bond motifs is 1. The summed E-state index contributed by atoms with van der Waals surface area (Å²) in [6.45, 7) is 5.27. The van der Waals surface area contributed by atoms with E-state index in [1.54, 1.807) is 29.2 Å².